The molecule has 2 rings (SSSR count). The van der Waals surface area contributed by atoms with Gasteiger partial charge < -0.3 is 10.6 Å². The number of amidine groups is 1. The monoisotopic (exact) mass is 333 g/mol. The molecule has 120 valence electrons. The van der Waals surface area contributed by atoms with E-state index in [-0.39, 0.29) is 10.7 Å². The van der Waals surface area contributed by atoms with Gasteiger partial charge >= 0.3 is 5.97 Å². The van der Waals surface area contributed by atoms with E-state index in [9.17, 15) is 13.2 Å². The van der Waals surface area contributed by atoms with Crippen molar-refractivity contribution in [2.75, 3.05) is 4.72 Å². The smallest absolute Gasteiger partial charge is 0.332 e. The Labute approximate surface area is 133 Å². The molecule has 0 aliphatic rings. The number of sulfonamides is 1. The summed E-state index contributed by atoms with van der Waals surface area (Å²) < 4.78 is 27.0. The molecule has 3 N–H and O–H groups in total. The predicted molar refractivity (Wildman–Crippen MR) is 86.2 cm³/mol. The normalized spacial score (nSPS) is 11.8. The number of benzene rings is 2. The number of anilines is 1. The van der Waals surface area contributed by atoms with Crippen LogP contribution in [0.15, 0.2) is 64.6 Å². The molecular formula is C15H15N3O4S. The molecular weight excluding hydrogens is 318 g/mol. The Balaban J connectivity index is 2.18. The first-order chi connectivity index (χ1) is 10.9. The van der Waals surface area contributed by atoms with E-state index in [4.69, 9.17) is 5.73 Å². The van der Waals surface area contributed by atoms with Crippen molar-refractivity contribution in [2.45, 2.75) is 11.8 Å². The average Bonchev–Trinajstić information content (AvgIpc) is 2.53. The Morgan fingerprint density at radius 3 is 2.26 bits per heavy atom. The zero-order valence-corrected chi connectivity index (χ0v) is 13.1. The summed E-state index contributed by atoms with van der Waals surface area (Å²) in [5.74, 6) is -0.626. The number of hydrogen-bond donors (Lipinski definition) is 2. The van der Waals surface area contributed by atoms with Gasteiger partial charge in [0, 0.05) is 18.2 Å². The van der Waals surface area contributed by atoms with Gasteiger partial charge in [-0.05, 0) is 36.4 Å². The highest BCUT2D eigenvalue weighted by molar-refractivity contribution is 7.92. The number of carbonyl (C=O) groups excluding carboxylic acids is 1. The fourth-order valence-electron chi connectivity index (χ4n) is 1.69. The number of nitrogens with two attached hydrogens (primary N) is 1. The molecule has 0 aromatic heterocycles. The highest BCUT2D eigenvalue weighted by Crippen LogP contribution is 2.16. The summed E-state index contributed by atoms with van der Waals surface area (Å²) in [4.78, 5) is 15.2. The second-order valence-electron chi connectivity index (χ2n) is 4.56. The van der Waals surface area contributed by atoms with Crippen LogP contribution in [0.2, 0.25) is 0 Å². The third kappa shape index (κ3) is 4.55. The van der Waals surface area contributed by atoms with Crippen molar-refractivity contribution in [3.8, 4) is 0 Å². The molecule has 7 nitrogen and oxygen atoms in total. The van der Waals surface area contributed by atoms with Crippen LogP contribution in [-0.4, -0.2) is 20.2 Å². The summed E-state index contributed by atoms with van der Waals surface area (Å²) in [6, 6.07) is 14.3. The molecule has 23 heavy (non-hydrogen) atoms. The van der Waals surface area contributed by atoms with Gasteiger partial charge in [0.2, 0.25) is 0 Å². The molecule has 0 amide bonds. The molecule has 0 bridgehead atoms. The van der Waals surface area contributed by atoms with Crippen LogP contribution in [0.3, 0.4) is 0 Å². The van der Waals surface area contributed by atoms with Crippen LogP contribution in [0.5, 0.6) is 0 Å². The first-order valence-corrected chi connectivity index (χ1v) is 8.06. The van der Waals surface area contributed by atoms with E-state index >= 15 is 0 Å². The maximum Gasteiger partial charge on any atom is 0.332 e. The van der Waals surface area contributed by atoms with Crippen molar-refractivity contribution in [3.05, 3.63) is 60.2 Å². The Bertz CT molecular complexity index is 816. The van der Waals surface area contributed by atoms with Crippen LogP contribution in [0.25, 0.3) is 0 Å². The van der Waals surface area contributed by atoms with Crippen LogP contribution in [0.1, 0.15) is 12.5 Å². The van der Waals surface area contributed by atoms with Crippen molar-refractivity contribution in [1.29, 1.82) is 0 Å². The number of nitrogens with one attached hydrogen (secondary N) is 1. The number of para-hydroxylation sites is 1. The lowest BCUT2D eigenvalue weighted by Gasteiger charge is -2.08. The van der Waals surface area contributed by atoms with E-state index in [1.807, 2.05) is 0 Å². The summed E-state index contributed by atoms with van der Waals surface area (Å²) >= 11 is 0. The first-order valence-electron chi connectivity index (χ1n) is 6.58. The van der Waals surface area contributed by atoms with Gasteiger partial charge in [0.25, 0.3) is 10.0 Å². The largest absolute Gasteiger partial charge is 0.380 e. The summed E-state index contributed by atoms with van der Waals surface area (Å²) in [6.07, 6.45) is 0. The van der Waals surface area contributed by atoms with Crippen molar-refractivity contribution in [3.63, 3.8) is 0 Å². The Morgan fingerprint density at radius 2 is 1.70 bits per heavy atom. The second-order valence-corrected chi connectivity index (χ2v) is 6.24. The van der Waals surface area contributed by atoms with Gasteiger partial charge in [-0.25, -0.2) is 13.2 Å². The number of nitrogens with zero attached hydrogens (tertiary/aromatic N) is 1. The van der Waals surface area contributed by atoms with Gasteiger partial charge in [-0.15, -0.1) is 0 Å². The minimum Gasteiger partial charge on any atom is -0.380 e. The molecule has 0 atom stereocenters. The minimum absolute atomic E-state index is 0.0276. The molecule has 0 unspecified atom stereocenters. The Kier molecular flexibility index (Phi) is 4.97. The van der Waals surface area contributed by atoms with E-state index in [1.165, 1.54) is 31.2 Å². The maximum absolute atomic E-state index is 12.3. The van der Waals surface area contributed by atoms with E-state index in [0.29, 0.717) is 11.3 Å². The highest BCUT2D eigenvalue weighted by atomic mass is 32.2. The molecule has 2 aromatic carbocycles. The molecule has 0 aliphatic carbocycles. The number of rotatable bonds is 5. The number of oxime groups is 1. The van der Waals surface area contributed by atoms with Crippen LogP contribution < -0.4 is 10.5 Å². The van der Waals surface area contributed by atoms with E-state index in [2.05, 4.69) is 14.7 Å². The molecule has 0 saturated carbocycles. The van der Waals surface area contributed by atoms with Gasteiger partial charge in [-0.3, -0.25) is 4.72 Å². The fourth-order valence-corrected chi connectivity index (χ4v) is 2.75. The molecule has 0 heterocycles. The molecule has 0 aliphatic heterocycles. The van der Waals surface area contributed by atoms with E-state index in [0.717, 1.165) is 0 Å². The molecule has 0 spiro atoms. The zero-order valence-electron chi connectivity index (χ0n) is 12.3. The summed E-state index contributed by atoms with van der Waals surface area (Å²) in [6.45, 7) is 1.20. The highest BCUT2D eigenvalue weighted by Gasteiger charge is 2.14. The van der Waals surface area contributed by atoms with Gasteiger partial charge in [-0.2, -0.15) is 0 Å². The lowest BCUT2D eigenvalue weighted by Crippen LogP contribution is -2.16. The van der Waals surface area contributed by atoms with Crippen LogP contribution in [0, 0.1) is 0 Å². The number of carbonyl (C=O) groups is 1. The molecule has 0 radical (unpaired) electrons. The number of hydrogen-bond acceptors (Lipinski definition) is 5. The minimum atomic E-state index is -3.70. The Hall–Kier alpha value is -2.87. The van der Waals surface area contributed by atoms with Gasteiger partial charge in [0.05, 0.1) is 4.90 Å². The van der Waals surface area contributed by atoms with Gasteiger partial charge in [-0.1, -0.05) is 23.4 Å². The second kappa shape index (κ2) is 6.93. The molecule has 0 fully saturated rings. The van der Waals surface area contributed by atoms with Crippen molar-refractivity contribution >= 4 is 27.5 Å². The molecule has 2 aromatic rings. The third-order valence-corrected chi connectivity index (χ3v) is 4.16. The van der Waals surface area contributed by atoms with Crippen LogP contribution in [-0.2, 0) is 19.7 Å². The standard InChI is InChI=1S/C15H15N3O4S/c1-11(19)22-17-15(16)12-7-9-14(10-8-12)23(20,21)18-13-5-3-2-4-6-13/h2-10,18H,1H3,(H2,16,17). The van der Waals surface area contributed by atoms with Crippen LogP contribution >= 0.6 is 0 Å². The average molecular weight is 333 g/mol. The van der Waals surface area contributed by atoms with Gasteiger partial charge in [0.15, 0.2) is 5.84 Å². The zero-order chi connectivity index (χ0) is 16.9. The SMILES string of the molecule is CC(=O)O/N=C(\N)c1ccc(S(=O)(=O)Nc2ccccc2)cc1. The summed E-state index contributed by atoms with van der Waals surface area (Å²) in [5, 5.41) is 3.43. The van der Waals surface area contributed by atoms with Crippen molar-refractivity contribution in [1.82, 2.24) is 0 Å². The van der Waals surface area contributed by atoms with Crippen LogP contribution in [0.4, 0.5) is 5.69 Å². The summed E-state index contributed by atoms with van der Waals surface area (Å²) in [5.41, 5.74) is 6.53. The first kappa shape index (κ1) is 16.5. The predicted octanol–water partition coefficient (Wildman–Crippen LogP) is 1.67. The van der Waals surface area contributed by atoms with E-state index < -0.39 is 16.0 Å². The fraction of sp³-hybridized carbons (Fsp3) is 0.0667. The topological polar surface area (TPSA) is 111 Å². The van der Waals surface area contributed by atoms with Crippen molar-refractivity contribution < 1.29 is 18.0 Å². The lowest BCUT2D eigenvalue weighted by atomic mass is 10.2. The van der Waals surface area contributed by atoms with Crippen molar-refractivity contribution in [2.24, 2.45) is 10.9 Å². The van der Waals surface area contributed by atoms with E-state index in [1.54, 1.807) is 30.3 Å². The van der Waals surface area contributed by atoms with Gasteiger partial charge in [0.1, 0.15) is 0 Å². The molecule has 0 saturated heterocycles. The quantitative estimate of drug-likeness (QED) is 0.374. The Morgan fingerprint density at radius 1 is 1.09 bits per heavy atom. The summed E-state index contributed by atoms with van der Waals surface area (Å²) in [7, 11) is -3.70. The maximum atomic E-state index is 12.3. The lowest BCUT2D eigenvalue weighted by molar-refractivity contribution is -0.140. The molecule has 8 heteroatoms. The third-order valence-electron chi connectivity index (χ3n) is 2.76.